The number of hydrogen-bond acceptors (Lipinski definition) is 3. The van der Waals surface area contributed by atoms with E-state index >= 15 is 0 Å². The minimum atomic E-state index is 0.615. The molecule has 1 aliphatic rings. The molecule has 1 fully saturated rings. The summed E-state index contributed by atoms with van der Waals surface area (Å²) in [6, 6.07) is 4.64. The Morgan fingerprint density at radius 2 is 2.39 bits per heavy atom. The highest BCUT2D eigenvalue weighted by molar-refractivity contribution is 8.03. The molecular weight excluding hydrogens is 242 g/mol. The van der Waals surface area contributed by atoms with Gasteiger partial charge in [0.25, 0.3) is 0 Å². The van der Waals surface area contributed by atoms with Crippen LogP contribution in [0, 0.1) is 0 Å². The molecule has 0 saturated carbocycles. The number of fused-ring (bicyclic) bond motifs is 1. The molecule has 0 radical (unpaired) electrons. The van der Waals surface area contributed by atoms with Crippen molar-refractivity contribution in [1.82, 2.24) is 14.9 Å². The van der Waals surface area contributed by atoms with Crippen molar-refractivity contribution < 1.29 is 0 Å². The van der Waals surface area contributed by atoms with Gasteiger partial charge in [-0.25, -0.2) is 0 Å². The summed E-state index contributed by atoms with van der Waals surface area (Å²) < 4.78 is 0. The van der Waals surface area contributed by atoms with E-state index in [1.165, 1.54) is 10.5 Å². The van der Waals surface area contributed by atoms with Gasteiger partial charge in [-0.3, -0.25) is 9.88 Å². The van der Waals surface area contributed by atoms with Crippen molar-refractivity contribution in [2.75, 3.05) is 12.4 Å². The molecule has 3 rings (SSSR count). The third-order valence-corrected chi connectivity index (χ3v) is 4.36. The lowest BCUT2D eigenvalue weighted by Crippen LogP contribution is -2.26. The fourth-order valence-electron chi connectivity index (χ4n) is 2.14. The maximum Gasteiger partial charge on any atom is 0.0951 e. The second kappa shape index (κ2) is 4.78. The SMILES string of the molecule is CC(C)N1CS/C(=C\c2c[nH]c3cccnc23)C1. The first-order chi connectivity index (χ1) is 8.74. The molecule has 0 aromatic carbocycles. The molecule has 0 spiro atoms. The molecule has 0 unspecified atom stereocenters. The van der Waals surface area contributed by atoms with E-state index in [1.807, 2.05) is 30.2 Å². The van der Waals surface area contributed by atoms with Crippen molar-refractivity contribution in [3.05, 3.63) is 35.0 Å². The molecule has 94 valence electrons. The minimum absolute atomic E-state index is 0.615. The number of nitrogens with one attached hydrogen (secondary N) is 1. The summed E-state index contributed by atoms with van der Waals surface area (Å²) in [5, 5.41) is 0. The molecule has 0 amide bonds. The predicted octanol–water partition coefficient (Wildman–Crippen LogP) is 3.32. The van der Waals surface area contributed by atoms with Gasteiger partial charge in [-0.05, 0) is 32.1 Å². The molecule has 2 aromatic rings. The summed E-state index contributed by atoms with van der Waals surface area (Å²) in [6.07, 6.45) is 6.16. The summed E-state index contributed by atoms with van der Waals surface area (Å²) in [5.74, 6) is 1.10. The summed E-state index contributed by atoms with van der Waals surface area (Å²) >= 11 is 1.93. The number of nitrogens with zero attached hydrogens (tertiary/aromatic N) is 2. The summed E-state index contributed by atoms with van der Waals surface area (Å²) in [4.78, 5) is 11.6. The van der Waals surface area contributed by atoms with Crippen molar-refractivity contribution in [1.29, 1.82) is 0 Å². The van der Waals surface area contributed by atoms with E-state index in [1.54, 1.807) is 0 Å². The summed E-state index contributed by atoms with van der Waals surface area (Å²) in [6.45, 7) is 5.55. The Labute approximate surface area is 111 Å². The van der Waals surface area contributed by atoms with Crippen LogP contribution in [0.4, 0.5) is 0 Å². The van der Waals surface area contributed by atoms with Crippen LogP contribution in [0.2, 0.25) is 0 Å². The van der Waals surface area contributed by atoms with E-state index in [9.17, 15) is 0 Å². The maximum absolute atomic E-state index is 4.44. The quantitative estimate of drug-likeness (QED) is 0.898. The Bertz CT molecular complexity index is 585. The van der Waals surface area contributed by atoms with Gasteiger partial charge in [0.15, 0.2) is 0 Å². The first-order valence-electron chi connectivity index (χ1n) is 6.23. The fraction of sp³-hybridized carbons (Fsp3) is 0.357. The monoisotopic (exact) mass is 259 g/mol. The zero-order valence-electron chi connectivity index (χ0n) is 10.7. The van der Waals surface area contributed by atoms with Crippen LogP contribution in [0.5, 0.6) is 0 Å². The van der Waals surface area contributed by atoms with Crippen molar-refractivity contribution in [3.63, 3.8) is 0 Å². The van der Waals surface area contributed by atoms with Crippen molar-refractivity contribution in [3.8, 4) is 0 Å². The molecule has 3 nitrogen and oxygen atoms in total. The Balaban J connectivity index is 1.88. The second-order valence-electron chi connectivity index (χ2n) is 4.87. The number of H-pyrrole nitrogens is 1. The Morgan fingerprint density at radius 1 is 1.50 bits per heavy atom. The van der Waals surface area contributed by atoms with Gasteiger partial charge in [-0.2, -0.15) is 0 Å². The molecule has 2 aromatic heterocycles. The lowest BCUT2D eigenvalue weighted by molar-refractivity contribution is 0.298. The van der Waals surface area contributed by atoms with E-state index in [-0.39, 0.29) is 0 Å². The van der Waals surface area contributed by atoms with Crippen LogP contribution in [-0.4, -0.2) is 33.3 Å². The van der Waals surface area contributed by atoms with Gasteiger partial charge in [0.05, 0.1) is 11.0 Å². The molecular formula is C14H17N3S. The Hall–Kier alpha value is -1.26. The van der Waals surface area contributed by atoms with Gasteiger partial charge in [-0.15, -0.1) is 11.8 Å². The summed E-state index contributed by atoms with van der Waals surface area (Å²) in [7, 11) is 0. The predicted molar refractivity (Wildman–Crippen MR) is 78.4 cm³/mol. The zero-order valence-corrected chi connectivity index (χ0v) is 11.5. The largest absolute Gasteiger partial charge is 0.359 e. The molecule has 0 atom stereocenters. The first-order valence-corrected chi connectivity index (χ1v) is 7.22. The standard InChI is InChI=1S/C14H17N3S/c1-10(2)17-8-12(18-9-17)6-11-7-16-13-4-3-5-15-14(11)13/h3-7,10,16H,8-9H2,1-2H3/b12-6-. The highest BCUT2D eigenvalue weighted by atomic mass is 32.2. The van der Waals surface area contributed by atoms with Crippen LogP contribution >= 0.6 is 11.8 Å². The molecule has 0 aliphatic carbocycles. The van der Waals surface area contributed by atoms with Gasteiger partial charge in [0, 0.05) is 41.3 Å². The molecule has 1 N–H and O–H groups in total. The topological polar surface area (TPSA) is 31.9 Å². The van der Waals surface area contributed by atoms with E-state index in [2.05, 4.69) is 40.9 Å². The van der Waals surface area contributed by atoms with E-state index < -0.39 is 0 Å². The van der Waals surface area contributed by atoms with E-state index in [4.69, 9.17) is 0 Å². The number of thioether (sulfide) groups is 1. The van der Waals surface area contributed by atoms with Crippen molar-refractivity contribution in [2.45, 2.75) is 19.9 Å². The van der Waals surface area contributed by atoms with Crippen LogP contribution in [0.3, 0.4) is 0 Å². The van der Waals surface area contributed by atoms with Crippen LogP contribution in [0.15, 0.2) is 29.4 Å². The van der Waals surface area contributed by atoms with Gasteiger partial charge < -0.3 is 4.98 Å². The normalized spacial score (nSPS) is 19.4. The van der Waals surface area contributed by atoms with Gasteiger partial charge in [0.2, 0.25) is 0 Å². The zero-order chi connectivity index (χ0) is 12.5. The lowest BCUT2D eigenvalue weighted by Gasteiger charge is -2.17. The third kappa shape index (κ3) is 2.18. The van der Waals surface area contributed by atoms with Crippen molar-refractivity contribution >= 4 is 28.9 Å². The molecule has 18 heavy (non-hydrogen) atoms. The highest BCUT2D eigenvalue weighted by Crippen LogP contribution is 2.30. The molecule has 4 heteroatoms. The number of hydrogen-bond donors (Lipinski definition) is 1. The van der Waals surface area contributed by atoms with Crippen LogP contribution in [0.1, 0.15) is 19.4 Å². The minimum Gasteiger partial charge on any atom is -0.359 e. The van der Waals surface area contributed by atoms with Crippen LogP contribution < -0.4 is 0 Å². The molecule has 0 bridgehead atoms. The number of rotatable bonds is 2. The first kappa shape index (κ1) is 11.8. The average molecular weight is 259 g/mol. The second-order valence-corrected chi connectivity index (χ2v) is 5.94. The highest BCUT2D eigenvalue weighted by Gasteiger charge is 2.19. The fourth-order valence-corrected chi connectivity index (χ4v) is 3.32. The van der Waals surface area contributed by atoms with Crippen LogP contribution in [0.25, 0.3) is 17.1 Å². The smallest absolute Gasteiger partial charge is 0.0951 e. The maximum atomic E-state index is 4.44. The number of aromatic amines is 1. The Morgan fingerprint density at radius 3 is 3.17 bits per heavy atom. The molecule has 1 aliphatic heterocycles. The Kier molecular flexibility index (Phi) is 3.14. The third-order valence-electron chi connectivity index (χ3n) is 3.29. The van der Waals surface area contributed by atoms with Gasteiger partial charge in [0.1, 0.15) is 0 Å². The molecule has 3 heterocycles. The van der Waals surface area contributed by atoms with Crippen molar-refractivity contribution in [2.24, 2.45) is 0 Å². The van der Waals surface area contributed by atoms with Gasteiger partial charge in [-0.1, -0.05) is 0 Å². The van der Waals surface area contributed by atoms with E-state index in [0.717, 1.165) is 23.5 Å². The number of pyridine rings is 1. The number of aromatic nitrogens is 2. The van der Waals surface area contributed by atoms with E-state index in [0.29, 0.717) is 6.04 Å². The van der Waals surface area contributed by atoms with Gasteiger partial charge >= 0.3 is 0 Å². The lowest BCUT2D eigenvalue weighted by atomic mass is 10.2. The van der Waals surface area contributed by atoms with Crippen LogP contribution in [-0.2, 0) is 0 Å². The average Bonchev–Trinajstić information content (AvgIpc) is 2.98. The molecule has 1 saturated heterocycles. The summed E-state index contributed by atoms with van der Waals surface area (Å²) in [5.41, 5.74) is 3.36.